The van der Waals surface area contributed by atoms with Gasteiger partial charge in [-0.2, -0.15) is 0 Å². The summed E-state index contributed by atoms with van der Waals surface area (Å²) < 4.78 is 5.14. The van der Waals surface area contributed by atoms with E-state index < -0.39 is 34.9 Å². The van der Waals surface area contributed by atoms with Crippen LogP contribution in [0.4, 0.5) is 5.69 Å². The first-order valence-electron chi connectivity index (χ1n) is 8.36. The van der Waals surface area contributed by atoms with Crippen LogP contribution >= 0.6 is 0 Å². The summed E-state index contributed by atoms with van der Waals surface area (Å²) in [7, 11) is 0. The maximum atomic E-state index is 12.6. The van der Waals surface area contributed by atoms with Gasteiger partial charge in [0.25, 0.3) is 17.5 Å². The Morgan fingerprint density at radius 1 is 1.11 bits per heavy atom. The number of non-ortho nitro benzene ring substituents is 1. The normalized spacial score (nSPS) is 15.1. The van der Waals surface area contributed by atoms with Crippen molar-refractivity contribution in [2.24, 2.45) is 0 Å². The van der Waals surface area contributed by atoms with Gasteiger partial charge in [-0.15, -0.1) is 0 Å². The van der Waals surface area contributed by atoms with Crippen molar-refractivity contribution in [1.29, 1.82) is 0 Å². The molecule has 0 aromatic heterocycles. The van der Waals surface area contributed by atoms with Crippen molar-refractivity contribution in [2.45, 2.75) is 25.7 Å². The van der Waals surface area contributed by atoms with Gasteiger partial charge in [0.05, 0.1) is 22.2 Å². The van der Waals surface area contributed by atoms with Crippen molar-refractivity contribution in [2.75, 3.05) is 0 Å². The lowest BCUT2D eigenvalue weighted by atomic mass is 10.1. The number of ether oxygens (including phenoxy) is 1. The Balaban J connectivity index is 1.76. The molecule has 28 heavy (non-hydrogen) atoms. The lowest BCUT2D eigenvalue weighted by molar-refractivity contribution is -0.384. The molecule has 1 aliphatic heterocycles. The molecule has 1 heterocycles. The number of hydrogen-bond donors (Lipinski definition) is 1. The van der Waals surface area contributed by atoms with Gasteiger partial charge in [-0.05, 0) is 36.8 Å². The molecular weight excluding hydrogens is 368 g/mol. The number of imide groups is 1. The number of carbonyl (C=O) groups is 3. The fourth-order valence-electron chi connectivity index (χ4n) is 2.93. The monoisotopic (exact) mass is 384 g/mol. The van der Waals surface area contributed by atoms with Crippen molar-refractivity contribution in [3.8, 4) is 0 Å². The van der Waals surface area contributed by atoms with Crippen LogP contribution < -0.4 is 0 Å². The van der Waals surface area contributed by atoms with Crippen molar-refractivity contribution < 1.29 is 29.2 Å². The number of amides is 2. The quantitative estimate of drug-likeness (QED) is 0.347. The van der Waals surface area contributed by atoms with Crippen molar-refractivity contribution in [3.63, 3.8) is 0 Å². The molecule has 0 saturated carbocycles. The molecule has 0 fully saturated rings. The minimum absolute atomic E-state index is 0.108. The minimum Gasteiger partial charge on any atom is -0.459 e. The summed E-state index contributed by atoms with van der Waals surface area (Å²) in [5.74, 6) is -2.32. The minimum atomic E-state index is -1.51. The second kappa shape index (κ2) is 7.57. The van der Waals surface area contributed by atoms with Crippen LogP contribution in [-0.2, 0) is 16.1 Å². The lowest BCUT2D eigenvalue weighted by Gasteiger charge is -2.26. The van der Waals surface area contributed by atoms with Crippen LogP contribution in [0, 0.1) is 10.1 Å². The van der Waals surface area contributed by atoms with Crippen LogP contribution in [0.1, 0.15) is 33.2 Å². The molecule has 0 radical (unpaired) electrons. The summed E-state index contributed by atoms with van der Waals surface area (Å²) >= 11 is 0. The van der Waals surface area contributed by atoms with Gasteiger partial charge in [0.1, 0.15) is 6.61 Å². The van der Waals surface area contributed by atoms with E-state index in [1.165, 1.54) is 43.3 Å². The Labute approximate surface area is 159 Å². The van der Waals surface area contributed by atoms with Gasteiger partial charge in [0.15, 0.2) is 6.04 Å². The Bertz CT molecular complexity index is 918. The molecular formula is C19H16N2O7. The second-order valence-corrected chi connectivity index (χ2v) is 6.24. The predicted molar refractivity (Wildman–Crippen MR) is 95.3 cm³/mol. The highest BCUT2D eigenvalue weighted by Crippen LogP contribution is 2.26. The highest BCUT2D eigenvalue weighted by Gasteiger charge is 2.45. The number of nitrogens with zero attached hydrogens (tertiary/aromatic N) is 2. The van der Waals surface area contributed by atoms with Crippen LogP contribution in [0.15, 0.2) is 48.5 Å². The van der Waals surface area contributed by atoms with E-state index in [0.29, 0.717) is 10.5 Å². The molecule has 2 aromatic rings. The Morgan fingerprint density at radius 2 is 1.64 bits per heavy atom. The Hall–Kier alpha value is -3.59. The molecule has 2 atom stereocenters. The second-order valence-electron chi connectivity index (χ2n) is 6.24. The van der Waals surface area contributed by atoms with E-state index in [1.54, 1.807) is 12.1 Å². The van der Waals surface area contributed by atoms with E-state index in [9.17, 15) is 29.6 Å². The fraction of sp³-hybridized carbons (Fsp3) is 0.211. The molecule has 0 spiro atoms. The van der Waals surface area contributed by atoms with Crippen LogP contribution in [0.2, 0.25) is 0 Å². The number of nitro benzene ring substituents is 1. The molecule has 0 aliphatic carbocycles. The topological polar surface area (TPSA) is 127 Å². The zero-order valence-corrected chi connectivity index (χ0v) is 14.8. The van der Waals surface area contributed by atoms with E-state index in [0.717, 1.165) is 0 Å². The van der Waals surface area contributed by atoms with E-state index in [2.05, 4.69) is 0 Å². The number of esters is 1. The smallest absolute Gasteiger partial charge is 0.332 e. The summed E-state index contributed by atoms with van der Waals surface area (Å²) in [5, 5.41) is 20.7. The first-order valence-corrected chi connectivity index (χ1v) is 8.36. The molecule has 144 valence electrons. The summed E-state index contributed by atoms with van der Waals surface area (Å²) in [6.07, 6.45) is -1.36. The zero-order chi connectivity index (χ0) is 20.4. The third-order valence-corrected chi connectivity index (χ3v) is 4.33. The summed E-state index contributed by atoms with van der Waals surface area (Å²) in [6, 6.07) is 9.99. The molecule has 1 N–H and O–H groups in total. The molecule has 9 nitrogen and oxygen atoms in total. The summed E-state index contributed by atoms with van der Waals surface area (Å²) in [6.45, 7) is 1.05. The molecule has 2 aromatic carbocycles. The average Bonchev–Trinajstić information content (AvgIpc) is 2.92. The molecule has 1 aliphatic rings. The molecule has 3 rings (SSSR count). The number of nitro groups is 1. The van der Waals surface area contributed by atoms with Crippen LogP contribution in [0.5, 0.6) is 0 Å². The molecule has 0 saturated heterocycles. The maximum Gasteiger partial charge on any atom is 0.332 e. The van der Waals surface area contributed by atoms with Gasteiger partial charge >= 0.3 is 5.97 Å². The Morgan fingerprint density at radius 3 is 2.11 bits per heavy atom. The average molecular weight is 384 g/mol. The zero-order valence-electron chi connectivity index (χ0n) is 14.8. The van der Waals surface area contributed by atoms with Crippen LogP contribution in [0.25, 0.3) is 0 Å². The molecule has 2 amide bonds. The number of benzene rings is 2. The van der Waals surface area contributed by atoms with Crippen molar-refractivity contribution in [1.82, 2.24) is 4.90 Å². The molecule has 9 heteroatoms. The van der Waals surface area contributed by atoms with E-state index in [1.807, 2.05) is 0 Å². The van der Waals surface area contributed by atoms with Gasteiger partial charge in [-0.25, -0.2) is 4.79 Å². The molecule has 0 bridgehead atoms. The number of aliphatic hydroxyl groups is 1. The maximum absolute atomic E-state index is 12.6. The van der Waals surface area contributed by atoms with Crippen LogP contribution in [0.3, 0.4) is 0 Å². The third-order valence-electron chi connectivity index (χ3n) is 4.33. The van der Waals surface area contributed by atoms with Crippen molar-refractivity contribution in [3.05, 3.63) is 75.3 Å². The van der Waals surface area contributed by atoms with Gasteiger partial charge in [-0.3, -0.25) is 24.6 Å². The number of hydrogen-bond acceptors (Lipinski definition) is 7. The van der Waals surface area contributed by atoms with E-state index in [-0.39, 0.29) is 23.4 Å². The standard InChI is InChI=1S/C19H16N2O7/c1-11(22)16(20-17(23)14-4-2-3-5-15(14)18(20)24)19(25)28-10-12-6-8-13(9-7-12)21(26)27/h2-9,11,16,22H,10H2,1H3/t11-,16-/m1/s1. The highest BCUT2D eigenvalue weighted by atomic mass is 16.6. The van der Waals surface area contributed by atoms with Gasteiger partial charge in [0, 0.05) is 12.1 Å². The van der Waals surface area contributed by atoms with Crippen molar-refractivity contribution >= 4 is 23.5 Å². The lowest BCUT2D eigenvalue weighted by Crippen LogP contribution is -2.51. The first-order chi connectivity index (χ1) is 13.3. The molecule has 0 unspecified atom stereocenters. The number of aliphatic hydroxyl groups excluding tert-OH is 1. The Kier molecular flexibility index (Phi) is 5.18. The van der Waals surface area contributed by atoms with E-state index in [4.69, 9.17) is 4.74 Å². The predicted octanol–water partition coefficient (Wildman–Crippen LogP) is 1.68. The number of rotatable bonds is 6. The SMILES string of the molecule is C[C@@H](O)[C@H](C(=O)OCc1ccc([N+](=O)[O-])cc1)N1C(=O)c2ccccc2C1=O. The summed E-state index contributed by atoms with van der Waals surface area (Å²) in [4.78, 5) is 48.5. The fourth-order valence-corrected chi connectivity index (χ4v) is 2.93. The number of carbonyl (C=O) groups excluding carboxylic acids is 3. The third kappa shape index (κ3) is 3.47. The first kappa shape index (κ1) is 19.2. The van der Waals surface area contributed by atoms with Gasteiger partial charge < -0.3 is 9.84 Å². The van der Waals surface area contributed by atoms with Gasteiger partial charge in [-0.1, -0.05) is 12.1 Å². The van der Waals surface area contributed by atoms with Gasteiger partial charge in [0.2, 0.25) is 0 Å². The highest BCUT2D eigenvalue weighted by molar-refractivity contribution is 6.22. The largest absolute Gasteiger partial charge is 0.459 e. The summed E-state index contributed by atoms with van der Waals surface area (Å²) in [5.41, 5.74) is 0.677. The van der Waals surface area contributed by atoms with Crippen LogP contribution in [-0.4, -0.2) is 44.9 Å². The number of fused-ring (bicyclic) bond motifs is 1. The van der Waals surface area contributed by atoms with E-state index >= 15 is 0 Å².